The van der Waals surface area contributed by atoms with Crippen LogP contribution in [0.5, 0.6) is 11.5 Å². The molecule has 148 valence electrons. The third kappa shape index (κ3) is 4.11. The predicted octanol–water partition coefficient (Wildman–Crippen LogP) is 3.03. The monoisotopic (exact) mass is 382 g/mol. The van der Waals surface area contributed by atoms with Gasteiger partial charge in [-0.2, -0.15) is 0 Å². The van der Waals surface area contributed by atoms with Gasteiger partial charge in [-0.3, -0.25) is 9.59 Å². The average Bonchev–Trinajstić information content (AvgIpc) is 2.73. The average molecular weight is 382 g/mol. The van der Waals surface area contributed by atoms with Gasteiger partial charge in [-0.25, -0.2) is 0 Å². The van der Waals surface area contributed by atoms with Gasteiger partial charge in [-0.15, -0.1) is 0 Å². The minimum absolute atomic E-state index is 0.134. The van der Waals surface area contributed by atoms with E-state index in [-0.39, 0.29) is 18.2 Å². The normalized spacial score (nSPS) is 12.9. The van der Waals surface area contributed by atoms with Crippen molar-refractivity contribution in [1.29, 1.82) is 0 Å². The molecule has 0 fully saturated rings. The number of rotatable bonds is 6. The van der Waals surface area contributed by atoms with Gasteiger partial charge in [0.15, 0.2) is 11.5 Å². The second-order valence-corrected chi connectivity index (χ2v) is 6.69. The number of methoxy groups -OCH3 is 2. The van der Waals surface area contributed by atoms with E-state index in [9.17, 15) is 9.59 Å². The first-order valence-corrected chi connectivity index (χ1v) is 9.44. The summed E-state index contributed by atoms with van der Waals surface area (Å²) in [5, 5.41) is 0. The third-order valence-corrected chi connectivity index (χ3v) is 5.06. The van der Waals surface area contributed by atoms with Gasteiger partial charge in [0.05, 0.1) is 14.2 Å². The van der Waals surface area contributed by atoms with Crippen LogP contribution in [0, 0.1) is 0 Å². The van der Waals surface area contributed by atoms with Gasteiger partial charge >= 0.3 is 0 Å². The van der Waals surface area contributed by atoms with Crippen molar-refractivity contribution >= 4 is 17.5 Å². The lowest BCUT2D eigenvalue weighted by molar-refractivity contribution is -0.136. The molecule has 1 aliphatic rings. The van der Waals surface area contributed by atoms with Crippen LogP contribution in [0.1, 0.15) is 24.5 Å². The number of hydrogen-bond donors (Lipinski definition) is 0. The summed E-state index contributed by atoms with van der Waals surface area (Å²) in [6, 6.07) is 13.3. The van der Waals surface area contributed by atoms with Crippen LogP contribution in [0.15, 0.2) is 42.5 Å². The number of fused-ring (bicyclic) bond motifs is 1. The van der Waals surface area contributed by atoms with E-state index >= 15 is 0 Å². The zero-order chi connectivity index (χ0) is 20.1. The van der Waals surface area contributed by atoms with Crippen molar-refractivity contribution in [2.24, 2.45) is 0 Å². The molecule has 0 aromatic heterocycles. The largest absolute Gasteiger partial charge is 0.493 e. The summed E-state index contributed by atoms with van der Waals surface area (Å²) >= 11 is 0. The number of benzene rings is 2. The lowest BCUT2D eigenvalue weighted by atomic mass is 9.98. The molecule has 0 aliphatic carbocycles. The zero-order valence-corrected chi connectivity index (χ0v) is 16.6. The molecule has 0 saturated heterocycles. The first kappa shape index (κ1) is 19.7. The summed E-state index contributed by atoms with van der Waals surface area (Å²) in [4.78, 5) is 28.9. The molecule has 0 spiro atoms. The van der Waals surface area contributed by atoms with Gasteiger partial charge in [0.2, 0.25) is 11.8 Å². The Balaban J connectivity index is 1.70. The molecule has 0 saturated carbocycles. The molecule has 0 N–H and O–H groups in total. The van der Waals surface area contributed by atoms with Crippen LogP contribution in [0.2, 0.25) is 0 Å². The molecule has 2 amide bonds. The zero-order valence-electron chi connectivity index (χ0n) is 16.6. The highest BCUT2D eigenvalue weighted by molar-refractivity contribution is 6.05. The molecular weight excluding hydrogens is 356 g/mol. The Bertz CT molecular complexity index is 851. The summed E-state index contributed by atoms with van der Waals surface area (Å²) < 4.78 is 10.7. The number of anilines is 1. The van der Waals surface area contributed by atoms with Gasteiger partial charge < -0.3 is 19.3 Å². The van der Waals surface area contributed by atoms with E-state index in [1.165, 1.54) is 0 Å². The molecule has 2 aromatic rings. The van der Waals surface area contributed by atoms with E-state index < -0.39 is 0 Å². The summed E-state index contributed by atoms with van der Waals surface area (Å²) in [5.74, 6) is 1.00. The number of ether oxygens (including phenoxy) is 2. The van der Waals surface area contributed by atoms with Crippen molar-refractivity contribution in [1.82, 2.24) is 4.90 Å². The number of nitrogens with zero attached hydrogens (tertiary/aromatic N) is 2. The highest BCUT2D eigenvalue weighted by Gasteiger charge is 2.26. The topological polar surface area (TPSA) is 59.1 Å². The quantitative estimate of drug-likeness (QED) is 0.721. The first-order valence-electron chi connectivity index (χ1n) is 9.44. The molecule has 0 atom stereocenters. The minimum atomic E-state index is -0.184. The van der Waals surface area contributed by atoms with Crippen LogP contribution < -0.4 is 14.4 Å². The lowest BCUT2D eigenvalue weighted by Gasteiger charge is -2.30. The fraction of sp³-hybridized carbons (Fsp3) is 0.364. The van der Waals surface area contributed by atoms with Crippen molar-refractivity contribution in [2.45, 2.75) is 26.3 Å². The fourth-order valence-electron chi connectivity index (χ4n) is 3.54. The van der Waals surface area contributed by atoms with E-state index in [1.807, 2.05) is 49.4 Å². The summed E-state index contributed by atoms with van der Waals surface area (Å²) in [6.45, 7) is 3.49. The van der Waals surface area contributed by atoms with Crippen molar-refractivity contribution in [3.8, 4) is 11.5 Å². The molecule has 28 heavy (non-hydrogen) atoms. The predicted molar refractivity (Wildman–Crippen MR) is 108 cm³/mol. The third-order valence-electron chi connectivity index (χ3n) is 5.06. The Labute approximate surface area is 165 Å². The molecule has 6 heteroatoms. The molecule has 0 bridgehead atoms. The Morgan fingerprint density at radius 3 is 2.29 bits per heavy atom. The minimum Gasteiger partial charge on any atom is -0.493 e. The van der Waals surface area contributed by atoms with Crippen LogP contribution in [0.3, 0.4) is 0 Å². The number of amides is 2. The second kappa shape index (κ2) is 8.78. The van der Waals surface area contributed by atoms with Gasteiger partial charge in [0.25, 0.3) is 0 Å². The SMILES string of the molecule is CCN(C(=O)CC(=O)N1CCc2cc(OC)c(OC)cc2C1)c1ccccc1. The number of carbonyl (C=O) groups is 2. The Kier molecular flexibility index (Phi) is 6.19. The van der Waals surface area contributed by atoms with Gasteiger partial charge in [0, 0.05) is 25.3 Å². The first-order chi connectivity index (χ1) is 13.6. The van der Waals surface area contributed by atoms with Crippen LogP contribution in [-0.4, -0.2) is 44.0 Å². The van der Waals surface area contributed by atoms with Crippen molar-refractivity contribution in [2.75, 3.05) is 32.2 Å². The van der Waals surface area contributed by atoms with Crippen molar-refractivity contribution < 1.29 is 19.1 Å². The number of hydrogen-bond acceptors (Lipinski definition) is 4. The molecular formula is C22H26N2O4. The summed E-state index contributed by atoms with van der Waals surface area (Å²) in [6.07, 6.45) is 0.594. The highest BCUT2D eigenvalue weighted by Crippen LogP contribution is 2.33. The Morgan fingerprint density at radius 2 is 1.68 bits per heavy atom. The van der Waals surface area contributed by atoms with Gasteiger partial charge in [0.1, 0.15) is 6.42 Å². The molecule has 1 aliphatic heterocycles. The second-order valence-electron chi connectivity index (χ2n) is 6.69. The van der Waals surface area contributed by atoms with Crippen LogP contribution in [-0.2, 0) is 22.6 Å². The number of para-hydroxylation sites is 1. The Hall–Kier alpha value is -3.02. The molecule has 0 radical (unpaired) electrons. The van der Waals surface area contributed by atoms with E-state index in [4.69, 9.17) is 9.47 Å². The van der Waals surface area contributed by atoms with Crippen molar-refractivity contribution in [3.05, 3.63) is 53.6 Å². The summed E-state index contributed by atoms with van der Waals surface area (Å²) in [5.41, 5.74) is 2.98. The standard InChI is InChI=1S/C22H26N2O4/c1-4-24(18-8-6-5-7-9-18)22(26)14-21(25)23-11-10-16-12-19(27-2)20(28-3)13-17(16)15-23/h5-9,12-13H,4,10-11,14-15H2,1-3H3. The molecule has 3 rings (SSSR count). The molecule has 2 aromatic carbocycles. The van der Waals surface area contributed by atoms with E-state index in [0.717, 1.165) is 23.2 Å². The molecule has 6 nitrogen and oxygen atoms in total. The van der Waals surface area contributed by atoms with Gasteiger partial charge in [-0.1, -0.05) is 18.2 Å². The van der Waals surface area contributed by atoms with E-state index in [0.29, 0.717) is 31.1 Å². The highest BCUT2D eigenvalue weighted by atomic mass is 16.5. The Morgan fingerprint density at radius 1 is 1.04 bits per heavy atom. The fourth-order valence-corrected chi connectivity index (χ4v) is 3.54. The van der Waals surface area contributed by atoms with Gasteiger partial charge in [-0.05, 0) is 48.7 Å². The maximum absolute atomic E-state index is 12.8. The molecule has 1 heterocycles. The maximum Gasteiger partial charge on any atom is 0.236 e. The van der Waals surface area contributed by atoms with Crippen LogP contribution in [0.25, 0.3) is 0 Å². The van der Waals surface area contributed by atoms with E-state index in [1.54, 1.807) is 24.0 Å². The van der Waals surface area contributed by atoms with Crippen LogP contribution >= 0.6 is 0 Å². The number of carbonyl (C=O) groups excluding carboxylic acids is 2. The van der Waals surface area contributed by atoms with Crippen LogP contribution in [0.4, 0.5) is 5.69 Å². The molecule has 0 unspecified atom stereocenters. The van der Waals surface area contributed by atoms with E-state index in [2.05, 4.69) is 0 Å². The lowest BCUT2D eigenvalue weighted by Crippen LogP contribution is -2.40. The smallest absolute Gasteiger partial charge is 0.236 e. The maximum atomic E-state index is 12.8. The summed E-state index contributed by atoms with van der Waals surface area (Å²) in [7, 11) is 3.21. The van der Waals surface area contributed by atoms with Crippen molar-refractivity contribution in [3.63, 3.8) is 0 Å².